The quantitative estimate of drug-likeness (QED) is 0.784. The Hall–Kier alpha value is -0.670. The third-order valence-electron chi connectivity index (χ3n) is 3.28. The molecule has 0 fully saturated rings. The third kappa shape index (κ3) is 6.31. The van der Waals surface area contributed by atoms with Gasteiger partial charge in [-0.1, -0.05) is 37.3 Å². The van der Waals surface area contributed by atoms with E-state index in [2.05, 4.69) is 49.5 Å². The van der Waals surface area contributed by atoms with E-state index < -0.39 is 10.8 Å². The topological polar surface area (TPSA) is 29.1 Å². The van der Waals surface area contributed by atoms with Crippen LogP contribution in [0.3, 0.4) is 0 Å². The number of hydrogen-bond acceptors (Lipinski definition) is 2. The molecule has 0 aliphatic rings. The van der Waals surface area contributed by atoms with E-state index >= 15 is 0 Å². The van der Waals surface area contributed by atoms with E-state index in [9.17, 15) is 4.21 Å². The Morgan fingerprint density at radius 2 is 1.83 bits per heavy atom. The molecule has 3 heteroatoms. The van der Waals surface area contributed by atoms with E-state index in [1.54, 1.807) is 6.26 Å². The van der Waals surface area contributed by atoms with E-state index in [-0.39, 0.29) is 0 Å². The van der Waals surface area contributed by atoms with Gasteiger partial charge in [0.15, 0.2) is 0 Å². The Balaban J connectivity index is 2.19. The number of rotatable bonds is 8. The van der Waals surface area contributed by atoms with Crippen LogP contribution in [0.15, 0.2) is 30.3 Å². The Bertz CT molecular complexity index is 353. The summed E-state index contributed by atoms with van der Waals surface area (Å²) < 4.78 is 11.0. The van der Waals surface area contributed by atoms with Crippen LogP contribution in [0.1, 0.15) is 38.2 Å². The van der Waals surface area contributed by atoms with Crippen LogP contribution in [0.5, 0.6) is 0 Å². The first kappa shape index (κ1) is 15.4. The summed E-state index contributed by atoms with van der Waals surface area (Å²) in [6.07, 6.45) is 3.90. The highest BCUT2D eigenvalue weighted by atomic mass is 32.2. The molecule has 0 saturated heterocycles. The molecule has 102 valence electrons. The standard InChI is InChI=1S/C15H25NOS/c1-13(15-7-5-4-6-8-15)9-11-16-14(2)10-12-18(3)17/h4-8,13-14,16H,9-12H2,1-3H3. The van der Waals surface area contributed by atoms with Gasteiger partial charge in [-0.05, 0) is 37.8 Å². The average molecular weight is 267 g/mol. The molecule has 18 heavy (non-hydrogen) atoms. The van der Waals surface area contributed by atoms with E-state index in [1.807, 2.05) is 0 Å². The first-order chi connectivity index (χ1) is 8.59. The highest BCUT2D eigenvalue weighted by Crippen LogP contribution is 2.17. The molecular weight excluding hydrogens is 242 g/mol. The van der Waals surface area contributed by atoms with E-state index in [0.29, 0.717) is 12.0 Å². The maximum Gasteiger partial charge on any atom is 0.0246 e. The monoisotopic (exact) mass is 267 g/mol. The van der Waals surface area contributed by atoms with Gasteiger partial charge in [0.1, 0.15) is 0 Å². The van der Waals surface area contributed by atoms with E-state index in [1.165, 1.54) is 5.56 Å². The van der Waals surface area contributed by atoms with Crippen LogP contribution in [-0.4, -0.2) is 28.8 Å². The van der Waals surface area contributed by atoms with Crippen LogP contribution in [0, 0.1) is 0 Å². The second-order valence-corrected chi connectivity index (χ2v) is 6.58. The van der Waals surface area contributed by atoms with Gasteiger partial charge in [-0.3, -0.25) is 4.21 Å². The summed E-state index contributed by atoms with van der Waals surface area (Å²) in [6.45, 7) is 5.45. The molecule has 0 saturated carbocycles. The molecule has 0 spiro atoms. The normalized spacial score (nSPS) is 16.2. The van der Waals surface area contributed by atoms with Crippen molar-refractivity contribution in [2.24, 2.45) is 0 Å². The minimum absolute atomic E-state index is 0.455. The minimum Gasteiger partial charge on any atom is -0.314 e. The van der Waals surface area contributed by atoms with Gasteiger partial charge in [0.25, 0.3) is 0 Å². The van der Waals surface area contributed by atoms with Crippen LogP contribution < -0.4 is 5.32 Å². The molecule has 0 heterocycles. The van der Waals surface area contributed by atoms with Gasteiger partial charge in [-0.15, -0.1) is 0 Å². The summed E-state index contributed by atoms with van der Waals surface area (Å²) in [5.74, 6) is 1.38. The van der Waals surface area contributed by atoms with Crippen molar-refractivity contribution >= 4 is 10.8 Å². The molecule has 1 rings (SSSR count). The lowest BCUT2D eigenvalue weighted by atomic mass is 9.98. The minimum atomic E-state index is -0.670. The van der Waals surface area contributed by atoms with Gasteiger partial charge in [-0.25, -0.2) is 0 Å². The molecule has 3 unspecified atom stereocenters. The molecule has 0 aliphatic heterocycles. The molecule has 0 aromatic heterocycles. The second kappa shape index (κ2) is 8.44. The summed E-state index contributed by atoms with van der Waals surface area (Å²) in [5, 5.41) is 3.50. The highest BCUT2D eigenvalue weighted by Gasteiger charge is 2.06. The first-order valence-corrected chi connectivity index (χ1v) is 8.40. The fourth-order valence-corrected chi connectivity index (χ4v) is 2.62. The second-order valence-electron chi connectivity index (χ2n) is 5.02. The molecule has 2 nitrogen and oxygen atoms in total. The van der Waals surface area contributed by atoms with E-state index in [0.717, 1.165) is 25.1 Å². The largest absolute Gasteiger partial charge is 0.314 e. The van der Waals surface area contributed by atoms with Crippen LogP contribution >= 0.6 is 0 Å². The lowest BCUT2D eigenvalue weighted by Gasteiger charge is -2.16. The zero-order chi connectivity index (χ0) is 13.4. The zero-order valence-electron chi connectivity index (χ0n) is 11.7. The van der Waals surface area contributed by atoms with Crippen molar-refractivity contribution in [3.63, 3.8) is 0 Å². The molecule has 0 bridgehead atoms. The number of hydrogen-bond donors (Lipinski definition) is 1. The SMILES string of the molecule is CC(CCS(C)=O)NCCC(C)c1ccccc1. The van der Waals surface area contributed by atoms with Crippen molar-refractivity contribution in [3.8, 4) is 0 Å². The molecule has 1 aromatic rings. The smallest absolute Gasteiger partial charge is 0.0246 e. The summed E-state index contributed by atoms with van der Waals surface area (Å²) in [7, 11) is -0.670. The average Bonchev–Trinajstić information content (AvgIpc) is 2.37. The molecular formula is C15H25NOS. The summed E-state index contributed by atoms with van der Waals surface area (Å²) >= 11 is 0. The molecule has 1 aromatic carbocycles. The van der Waals surface area contributed by atoms with Crippen LogP contribution in [0.25, 0.3) is 0 Å². The van der Waals surface area contributed by atoms with Crippen LogP contribution in [0.4, 0.5) is 0 Å². The maximum absolute atomic E-state index is 11.0. The maximum atomic E-state index is 11.0. The van der Waals surface area contributed by atoms with Crippen molar-refractivity contribution in [2.45, 2.75) is 38.6 Å². The first-order valence-electron chi connectivity index (χ1n) is 6.68. The summed E-state index contributed by atoms with van der Waals surface area (Å²) in [6, 6.07) is 11.1. The van der Waals surface area contributed by atoms with Gasteiger partial charge < -0.3 is 5.32 Å². The van der Waals surface area contributed by atoms with Crippen molar-refractivity contribution < 1.29 is 4.21 Å². The fourth-order valence-electron chi connectivity index (χ4n) is 1.94. The Morgan fingerprint density at radius 3 is 2.44 bits per heavy atom. The zero-order valence-corrected chi connectivity index (χ0v) is 12.5. The molecule has 0 aliphatic carbocycles. The predicted octanol–water partition coefficient (Wildman–Crippen LogP) is 2.93. The molecule has 1 N–H and O–H groups in total. The van der Waals surface area contributed by atoms with Crippen LogP contribution in [-0.2, 0) is 10.8 Å². The molecule has 0 radical (unpaired) electrons. The fraction of sp³-hybridized carbons (Fsp3) is 0.600. The van der Waals surface area contributed by atoms with Gasteiger partial charge in [0.05, 0.1) is 0 Å². The van der Waals surface area contributed by atoms with Crippen molar-refractivity contribution in [3.05, 3.63) is 35.9 Å². The Kier molecular flexibility index (Phi) is 7.21. The van der Waals surface area contributed by atoms with Crippen LogP contribution in [0.2, 0.25) is 0 Å². The highest BCUT2D eigenvalue weighted by molar-refractivity contribution is 7.84. The third-order valence-corrected chi connectivity index (χ3v) is 4.09. The van der Waals surface area contributed by atoms with E-state index in [4.69, 9.17) is 0 Å². The lowest BCUT2D eigenvalue weighted by molar-refractivity contribution is 0.506. The molecule has 0 amide bonds. The predicted molar refractivity (Wildman–Crippen MR) is 80.5 cm³/mol. The molecule has 3 atom stereocenters. The Labute approximate surface area is 114 Å². The summed E-state index contributed by atoms with van der Waals surface area (Å²) in [4.78, 5) is 0. The van der Waals surface area contributed by atoms with Gasteiger partial charge >= 0.3 is 0 Å². The lowest BCUT2D eigenvalue weighted by Crippen LogP contribution is -2.29. The number of nitrogens with one attached hydrogen (secondary N) is 1. The van der Waals surface area contributed by atoms with Crippen molar-refractivity contribution in [1.82, 2.24) is 5.32 Å². The van der Waals surface area contributed by atoms with Crippen molar-refractivity contribution in [1.29, 1.82) is 0 Å². The summed E-state index contributed by atoms with van der Waals surface area (Å²) in [5.41, 5.74) is 1.40. The van der Waals surface area contributed by atoms with Gasteiger partial charge in [0.2, 0.25) is 0 Å². The van der Waals surface area contributed by atoms with Gasteiger partial charge in [0, 0.05) is 28.9 Å². The van der Waals surface area contributed by atoms with Crippen molar-refractivity contribution in [2.75, 3.05) is 18.6 Å². The van der Waals surface area contributed by atoms with Gasteiger partial charge in [-0.2, -0.15) is 0 Å². The number of benzene rings is 1. The Morgan fingerprint density at radius 1 is 1.17 bits per heavy atom.